The Morgan fingerprint density at radius 1 is 1.35 bits per heavy atom. The molecule has 1 amide bonds. The van der Waals surface area contributed by atoms with E-state index in [1.807, 2.05) is 0 Å². The molecule has 0 radical (unpaired) electrons. The highest BCUT2D eigenvalue weighted by Gasteiger charge is 2.07. The Labute approximate surface area is 98.1 Å². The molecule has 0 atom stereocenters. The average molecular weight is 232 g/mol. The summed E-state index contributed by atoms with van der Waals surface area (Å²) >= 11 is 0. The largest absolute Gasteiger partial charge is 0.421 e. The van der Waals surface area contributed by atoms with Crippen LogP contribution in [0.5, 0.6) is 0 Å². The molecule has 0 bridgehead atoms. The van der Waals surface area contributed by atoms with Crippen LogP contribution in [-0.4, -0.2) is 27.6 Å². The van der Waals surface area contributed by atoms with Gasteiger partial charge in [0.15, 0.2) is 0 Å². The van der Waals surface area contributed by atoms with E-state index < -0.39 is 0 Å². The Hall–Kier alpha value is -2.24. The third-order valence-electron chi connectivity index (χ3n) is 2.11. The Balaban J connectivity index is 1.99. The van der Waals surface area contributed by atoms with Crippen molar-refractivity contribution in [3.63, 3.8) is 0 Å². The first-order valence-corrected chi connectivity index (χ1v) is 5.23. The minimum Gasteiger partial charge on any atom is -0.421 e. The van der Waals surface area contributed by atoms with Gasteiger partial charge in [-0.05, 0) is 12.1 Å². The van der Waals surface area contributed by atoms with Crippen LogP contribution in [-0.2, 0) is 11.2 Å². The van der Waals surface area contributed by atoms with E-state index in [9.17, 15) is 4.79 Å². The molecule has 2 aromatic rings. The number of nitrogens with zero attached hydrogens (tertiary/aromatic N) is 3. The number of carbonyl (C=O) groups is 1. The Kier molecular flexibility index (Phi) is 3.44. The van der Waals surface area contributed by atoms with Gasteiger partial charge in [-0.3, -0.25) is 9.78 Å². The Morgan fingerprint density at radius 2 is 2.12 bits per heavy atom. The summed E-state index contributed by atoms with van der Waals surface area (Å²) in [6.45, 7) is 1.96. The van der Waals surface area contributed by atoms with Crippen LogP contribution >= 0.6 is 0 Å². The van der Waals surface area contributed by atoms with Crippen molar-refractivity contribution in [1.82, 2.24) is 20.5 Å². The van der Waals surface area contributed by atoms with Crippen LogP contribution in [0.15, 0.2) is 28.9 Å². The smallest absolute Gasteiger partial charge is 0.247 e. The van der Waals surface area contributed by atoms with Crippen LogP contribution in [0.25, 0.3) is 11.5 Å². The molecule has 0 unspecified atom stereocenters. The number of hydrogen-bond donors (Lipinski definition) is 1. The summed E-state index contributed by atoms with van der Waals surface area (Å²) in [5.74, 6) is 0.898. The van der Waals surface area contributed by atoms with E-state index >= 15 is 0 Å². The number of aromatic nitrogens is 3. The highest BCUT2D eigenvalue weighted by atomic mass is 16.4. The van der Waals surface area contributed by atoms with Gasteiger partial charge in [-0.2, -0.15) is 0 Å². The maximum atomic E-state index is 10.7. The molecule has 17 heavy (non-hydrogen) atoms. The molecule has 0 aliphatic carbocycles. The minimum atomic E-state index is -0.0705. The fourth-order valence-corrected chi connectivity index (χ4v) is 1.31. The van der Waals surface area contributed by atoms with Gasteiger partial charge in [-0.25, -0.2) is 0 Å². The molecular weight excluding hydrogens is 220 g/mol. The number of amides is 1. The van der Waals surface area contributed by atoms with Crippen molar-refractivity contribution in [1.29, 1.82) is 0 Å². The summed E-state index contributed by atoms with van der Waals surface area (Å²) in [5, 5.41) is 10.5. The van der Waals surface area contributed by atoms with E-state index in [-0.39, 0.29) is 5.91 Å². The first-order chi connectivity index (χ1) is 8.25. The van der Waals surface area contributed by atoms with Crippen molar-refractivity contribution >= 4 is 5.91 Å². The Morgan fingerprint density at radius 3 is 2.82 bits per heavy atom. The van der Waals surface area contributed by atoms with Crippen molar-refractivity contribution in [2.45, 2.75) is 13.3 Å². The van der Waals surface area contributed by atoms with E-state index in [0.717, 1.165) is 5.56 Å². The van der Waals surface area contributed by atoms with Crippen LogP contribution in [0.2, 0.25) is 0 Å². The second-order valence-electron chi connectivity index (χ2n) is 3.47. The molecule has 6 heteroatoms. The average Bonchev–Trinajstić information content (AvgIpc) is 2.78. The van der Waals surface area contributed by atoms with Crippen molar-refractivity contribution in [3.8, 4) is 11.5 Å². The maximum Gasteiger partial charge on any atom is 0.247 e. The second kappa shape index (κ2) is 5.20. The first kappa shape index (κ1) is 11.3. The maximum absolute atomic E-state index is 10.7. The molecule has 1 N–H and O–H groups in total. The first-order valence-electron chi connectivity index (χ1n) is 5.23. The lowest BCUT2D eigenvalue weighted by molar-refractivity contribution is -0.118. The molecule has 0 aliphatic rings. The Bertz CT molecular complexity index is 495. The minimum absolute atomic E-state index is 0.0705. The van der Waals surface area contributed by atoms with Crippen molar-refractivity contribution < 1.29 is 9.21 Å². The topological polar surface area (TPSA) is 80.9 Å². The lowest BCUT2D eigenvalue weighted by Crippen LogP contribution is -2.22. The van der Waals surface area contributed by atoms with Crippen LogP contribution in [0.1, 0.15) is 12.8 Å². The molecule has 88 valence electrons. The van der Waals surface area contributed by atoms with Crippen molar-refractivity contribution in [2.75, 3.05) is 6.54 Å². The normalized spacial score (nSPS) is 10.2. The zero-order chi connectivity index (χ0) is 12.1. The van der Waals surface area contributed by atoms with E-state index in [0.29, 0.717) is 24.7 Å². The predicted octanol–water partition coefficient (Wildman–Crippen LogP) is 0.810. The summed E-state index contributed by atoms with van der Waals surface area (Å²) in [5.41, 5.74) is 0.832. The number of pyridine rings is 1. The van der Waals surface area contributed by atoms with E-state index in [1.54, 1.807) is 24.5 Å². The molecule has 2 rings (SSSR count). The fraction of sp³-hybridized carbons (Fsp3) is 0.273. The third-order valence-corrected chi connectivity index (χ3v) is 2.11. The van der Waals surface area contributed by atoms with E-state index in [1.165, 1.54) is 6.92 Å². The fourth-order valence-electron chi connectivity index (χ4n) is 1.31. The van der Waals surface area contributed by atoms with Crippen LogP contribution in [0.4, 0.5) is 0 Å². The standard InChI is InChI=1S/C11H12N4O2/c1-8(16)13-7-4-10-14-15-11(17-10)9-2-5-12-6-3-9/h2-3,5-6H,4,7H2,1H3,(H,13,16). The molecule has 0 aromatic carbocycles. The van der Waals surface area contributed by atoms with Crippen LogP contribution < -0.4 is 5.32 Å². The van der Waals surface area contributed by atoms with Crippen molar-refractivity contribution in [3.05, 3.63) is 30.4 Å². The zero-order valence-electron chi connectivity index (χ0n) is 9.38. The van der Waals surface area contributed by atoms with Gasteiger partial charge >= 0.3 is 0 Å². The summed E-state index contributed by atoms with van der Waals surface area (Å²) in [6.07, 6.45) is 3.85. The van der Waals surface area contributed by atoms with Gasteiger partial charge < -0.3 is 9.73 Å². The molecule has 2 heterocycles. The summed E-state index contributed by atoms with van der Waals surface area (Å²) in [7, 11) is 0. The summed E-state index contributed by atoms with van der Waals surface area (Å²) in [6, 6.07) is 3.59. The van der Waals surface area contributed by atoms with Gasteiger partial charge in [0.2, 0.25) is 17.7 Å². The van der Waals surface area contributed by atoms with Gasteiger partial charge in [0.25, 0.3) is 0 Å². The number of rotatable bonds is 4. The predicted molar refractivity (Wildman–Crippen MR) is 59.9 cm³/mol. The molecule has 0 spiro atoms. The van der Waals surface area contributed by atoms with Gasteiger partial charge in [0.1, 0.15) is 0 Å². The monoisotopic (exact) mass is 232 g/mol. The van der Waals surface area contributed by atoms with Crippen LogP contribution in [0.3, 0.4) is 0 Å². The molecule has 0 fully saturated rings. The summed E-state index contributed by atoms with van der Waals surface area (Å²) in [4.78, 5) is 14.6. The lowest BCUT2D eigenvalue weighted by Gasteiger charge is -1.97. The highest BCUT2D eigenvalue weighted by molar-refractivity contribution is 5.72. The molecule has 0 saturated heterocycles. The van der Waals surface area contributed by atoms with Crippen LogP contribution in [0, 0.1) is 0 Å². The van der Waals surface area contributed by atoms with Gasteiger partial charge in [-0.15, -0.1) is 10.2 Å². The molecule has 0 aliphatic heterocycles. The van der Waals surface area contributed by atoms with Gasteiger partial charge in [0.05, 0.1) is 0 Å². The van der Waals surface area contributed by atoms with Crippen molar-refractivity contribution in [2.24, 2.45) is 0 Å². The quantitative estimate of drug-likeness (QED) is 0.843. The molecule has 6 nitrogen and oxygen atoms in total. The summed E-state index contributed by atoms with van der Waals surface area (Å²) < 4.78 is 5.45. The van der Waals surface area contributed by atoms with E-state index in [4.69, 9.17) is 4.42 Å². The SMILES string of the molecule is CC(=O)NCCc1nnc(-c2ccncc2)o1. The van der Waals surface area contributed by atoms with E-state index in [2.05, 4.69) is 20.5 Å². The lowest BCUT2D eigenvalue weighted by atomic mass is 10.3. The molecule has 2 aromatic heterocycles. The second-order valence-corrected chi connectivity index (χ2v) is 3.47. The number of hydrogen-bond acceptors (Lipinski definition) is 5. The van der Waals surface area contributed by atoms with Gasteiger partial charge in [0, 0.05) is 37.8 Å². The number of carbonyl (C=O) groups excluding carboxylic acids is 1. The molecular formula is C11H12N4O2. The zero-order valence-corrected chi connectivity index (χ0v) is 9.38. The number of nitrogens with one attached hydrogen (secondary N) is 1. The van der Waals surface area contributed by atoms with Gasteiger partial charge in [-0.1, -0.05) is 0 Å². The highest BCUT2D eigenvalue weighted by Crippen LogP contribution is 2.15. The molecule has 0 saturated carbocycles. The third kappa shape index (κ3) is 3.10.